The monoisotopic (exact) mass is 371 g/mol. The van der Waals surface area contributed by atoms with Gasteiger partial charge in [0.2, 0.25) is 0 Å². The third-order valence-corrected chi connectivity index (χ3v) is 4.63. The summed E-state index contributed by atoms with van der Waals surface area (Å²) in [6.07, 6.45) is 0. The van der Waals surface area contributed by atoms with Gasteiger partial charge >= 0.3 is 0 Å². The molecule has 0 radical (unpaired) electrons. The number of hydrogen-bond donors (Lipinski definition) is 0. The molecule has 0 unspecified atom stereocenters. The van der Waals surface area contributed by atoms with E-state index in [4.69, 9.17) is 0 Å². The summed E-state index contributed by atoms with van der Waals surface area (Å²) in [5.41, 5.74) is 2.60. The van der Waals surface area contributed by atoms with Crippen LogP contribution in [0.2, 0.25) is 0 Å². The van der Waals surface area contributed by atoms with Crippen molar-refractivity contribution in [2.24, 2.45) is 10.9 Å². The first kappa shape index (κ1) is 18.0. The Kier molecular flexibility index (Phi) is 5.27. The number of aromatic nitrogens is 1. The summed E-state index contributed by atoms with van der Waals surface area (Å²) in [5.74, 6) is 0.102. The van der Waals surface area contributed by atoms with Gasteiger partial charge in [-0.25, -0.2) is 9.38 Å². The zero-order valence-electron chi connectivity index (χ0n) is 14.4. The van der Waals surface area contributed by atoms with Gasteiger partial charge in [-0.05, 0) is 47.9 Å². The summed E-state index contributed by atoms with van der Waals surface area (Å²) in [7, 11) is 0. The van der Waals surface area contributed by atoms with Crippen molar-refractivity contribution < 1.29 is 9.31 Å². The van der Waals surface area contributed by atoms with Crippen molar-refractivity contribution in [2.75, 3.05) is 0 Å². The average Bonchev–Trinajstić information content (AvgIpc) is 2.99. The number of nitrogens with zero attached hydrogens (tertiary/aromatic N) is 3. The minimum absolute atomic E-state index is 0.0654. The molecule has 0 spiro atoms. The predicted octanol–water partition coefficient (Wildman–Crippen LogP) is 5.15. The minimum Gasteiger partial charge on any atom is -0.316 e. The van der Waals surface area contributed by atoms with Gasteiger partial charge in [-0.2, -0.15) is 0 Å². The maximum absolute atomic E-state index is 13.1. The summed E-state index contributed by atoms with van der Waals surface area (Å²) in [5, 5.41) is 12.8. The highest BCUT2D eigenvalue weighted by molar-refractivity contribution is 7.07. The van der Waals surface area contributed by atoms with E-state index in [1.807, 2.05) is 5.38 Å². The van der Waals surface area contributed by atoms with E-state index in [0.717, 1.165) is 22.6 Å². The lowest BCUT2D eigenvalue weighted by Gasteiger charge is -2.11. The number of nitro groups is 1. The number of thiazole rings is 1. The lowest BCUT2D eigenvalue weighted by Crippen LogP contribution is -2.18. The van der Waals surface area contributed by atoms with E-state index in [1.54, 1.807) is 24.3 Å². The zero-order chi connectivity index (χ0) is 18.7. The van der Waals surface area contributed by atoms with E-state index >= 15 is 0 Å². The van der Waals surface area contributed by atoms with Crippen LogP contribution in [0.25, 0.3) is 11.3 Å². The van der Waals surface area contributed by atoms with Crippen molar-refractivity contribution in [3.8, 4) is 11.3 Å². The third-order valence-electron chi connectivity index (χ3n) is 3.77. The Labute approximate surface area is 154 Å². The van der Waals surface area contributed by atoms with Gasteiger partial charge in [0.1, 0.15) is 5.82 Å². The van der Waals surface area contributed by atoms with Crippen LogP contribution < -0.4 is 4.80 Å². The quantitative estimate of drug-likeness (QED) is 0.460. The minimum atomic E-state index is -0.408. The van der Waals surface area contributed by atoms with Crippen LogP contribution in [0.1, 0.15) is 13.8 Å². The first-order valence-corrected chi connectivity index (χ1v) is 9.05. The first-order chi connectivity index (χ1) is 12.4. The van der Waals surface area contributed by atoms with E-state index < -0.39 is 4.92 Å². The summed E-state index contributed by atoms with van der Waals surface area (Å²) in [6, 6.07) is 12.6. The molecule has 0 saturated heterocycles. The number of nitro benzene ring substituents is 1. The Morgan fingerprint density at radius 3 is 2.38 bits per heavy atom. The van der Waals surface area contributed by atoms with Crippen LogP contribution in [-0.4, -0.2) is 9.49 Å². The summed E-state index contributed by atoms with van der Waals surface area (Å²) in [6.45, 7) is 4.99. The standard InChI is InChI=1S/C19H18FN3O2S/c1-13(2)11-22-18(14-3-9-17(10-4-14)23(24)25)12-26-19(22)21-16-7-5-15(20)6-8-16/h3-10,12-13H,11H2,1-2H3. The molecule has 134 valence electrons. The molecule has 5 nitrogen and oxygen atoms in total. The fraction of sp³-hybridized carbons (Fsp3) is 0.211. The Hall–Kier alpha value is -2.80. The highest BCUT2D eigenvalue weighted by atomic mass is 32.1. The number of non-ortho nitro benzene ring substituents is 1. The molecule has 0 atom stereocenters. The van der Waals surface area contributed by atoms with Gasteiger partial charge in [-0.15, -0.1) is 11.3 Å². The van der Waals surface area contributed by atoms with Gasteiger partial charge in [-0.3, -0.25) is 10.1 Å². The Morgan fingerprint density at radius 1 is 1.15 bits per heavy atom. The topological polar surface area (TPSA) is 60.4 Å². The summed E-state index contributed by atoms with van der Waals surface area (Å²) < 4.78 is 15.2. The molecule has 1 aromatic heterocycles. The van der Waals surface area contributed by atoms with Crippen LogP contribution >= 0.6 is 11.3 Å². The second-order valence-corrected chi connectivity index (χ2v) is 7.14. The van der Waals surface area contributed by atoms with E-state index in [1.165, 1.54) is 35.6 Å². The third kappa shape index (κ3) is 4.05. The molecule has 0 fully saturated rings. The van der Waals surface area contributed by atoms with Crippen LogP contribution in [0.5, 0.6) is 0 Å². The molecule has 0 aliphatic rings. The van der Waals surface area contributed by atoms with Crippen molar-refractivity contribution in [2.45, 2.75) is 20.4 Å². The van der Waals surface area contributed by atoms with Crippen LogP contribution in [0, 0.1) is 21.8 Å². The first-order valence-electron chi connectivity index (χ1n) is 8.17. The van der Waals surface area contributed by atoms with E-state index in [2.05, 4.69) is 23.4 Å². The molecular formula is C19H18FN3O2S. The highest BCUT2D eigenvalue weighted by Crippen LogP contribution is 2.24. The van der Waals surface area contributed by atoms with Crippen LogP contribution in [0.3, 0.4) is 0 Å². The fourth-order valence-electron chi connectivity index (χ4n) is 2.57. The molecule has 0 bridgehead atoms. The molecule has 3 aromatic rings. The van der Waals surface area contributed by atoms with Gasteiger partial charge < -0.3 is 4.57 Å². The van der Waals surface area contributed by atoms with Gasteiger partial charge in [0.25, 0.3) is 5.69 Å². The van der Waals surface area contributed by atoms with Gasteiger partial charge in [0, 0.05) is 24.1 Å². The highest BCUT2D eigenvalue weighted by Gasteiger charge is 2.12. The second kappa shape index (κ2) is 7.61. The van der Waals surface area contributed by atoms with Gasteiger partial charge in [-0.1, -0.05) is 13.8 Å². The maximum Gasteiger partial charge on any atom is 0.269 e. The van der Waals surface area contributed by atoms with Crippen LogP contribution in [0.4, 0.5) is 15.8 Å². The van der Waals surface area contributed by atoms with Crippen LogP contribution in [-0.2, 0) is 6.54 Å². The molecule has 2 aromatic carbocycles. The average molecular weight is 371 g/mol. The van der Waals surface area contributed by atoms with Gasteiger partial charge in [0.15, 0.2) is 4.80 Å². The van der Waals surface area contributed by atoms with Crippen molar-refractivity contribution in [1.29, 1.82) is 0 Å². The Morgan fingerprint density at radius 2 is 1.81 bits per heavy atom. The molecule has 26 heavy (non-hydrogen) atoms. The van der Waals surface area contributed by atoms with Crippen molar-refractivity contribution >= 4 is 22.7 Å². The molecule has 0 amide bonds. The SMILES string of the molecule is CC(C)Cn1c(-c2ccc([N+](=O)[O-])cc2)csc1=Nc1ccc(F)cc1. The number of halogens is 1. The number of rotatable bonds is 5. The smallest absolute Gasteiger partial charge is 0.269 e. The molecular weight excluding hydrogens is 353 g/mol. The maximum atomic E-state index is 13.1. The normalized spacial score (nSPS) is 11.9. The van der Waals surface area contributed by atoms with E-state index in [-0.39, 0.29) is 11.5 Å². The zero-order valence-corrected chi connectivity index (χ0v) is 15.2. The lowest BCUT2D eigenvalue weighted by atomic mass is 10.1. The molecule has 0 N–H and O–H groups in total. The lowest BCUT2D eigenvalue weighted by molar-refractivity contribution is -0.384. The molecule has 0 aliphatic heterocycles. The molecule has 7 heteroatoms. The largest absolute Gasteiger partial charge is 0.316 e. The Balaban J connectivity index is 2.07. The van der Waals surface area contributed by atoms with Crippen LogP contribution in [0.15, 0.2) is 58.9 Å². The Bertz CT molecular complexity index is 973. The molecule has 0 saturated carbocycles. The van der Waals surface area contributed by atoms with Crippen molar-refractivity contribution in [1.82, 2.24) is 4.57 Å². The predicted molar refractivity (Wildman–Crippen MR) is 101 cm³/mol. The summed E-state index contributed by atoms with van der Waals surface area (Å²) >= 11 is 1.49. The number of hydrogen-bond acceptors (Lipinski definition) is 4. The van der Waals surface area contributed by atoms with Crippen molar-refractivity contribution in [3.05, 3.63) is 74.6 Å². The second-order valence-electron chi connectivity index (χ2n) is 6.30. The van der Waals surface area contributed by atoms with Gasteiger partial charge in [0.05, 0.1) is 16.3 Å². The summed E-state index contributed by atoms with van der Waals surface area (Å²) in [4.78, 5) is 15.9. The molecule has 0 aliphatic carbocycles. The molecule has 3 rings (SSSR count). The van der Waals surface area contributed by atoms with Crippen molar-refractivity contribution in [3.63, 3.8) is 0 Å². The molecule has 1 heterocycles. The fourth-order valence-corrected chi connectivity index (χ4v) is 3.51. The van der Waals surface area contributed by atoms with E-state index in [9.17, 15) is 14.5 Å². The number of benzene rings is 2. The van der Waals surface area contributed by atoms with E-state index in [0.29, 0.717) is 11.6 Å².